The largest absolute Gasteiger partial charge is 0.466 e. The summed E-state index contributed by atoms with van der Waals surface area (Å²) in [6, 6.07) is 1.99. The highest BCUT2D eigenvalue weighted by Gasteiger charge is 2.50. The summed E-state index contributed by atoms with van der Waals surface area (Å²) < 4.78 is 4.70. The van der Waals surface area contributed by atoms with Crippen molar-refractivity contribution in [1.82, 2.24) is 5.32 Å². The number of ether oxygens (including phenoxy) is 1. The van der Waals surface area contributed by atoms with Gasteiger partial charge in [0.15, 0.2) is 0 Å². The Kier molecular flexibility index (Phi) is 3.67. The second-order valence-electron chi connectivity index (χ2n) is 3.50. The summed E-state index contributed by atoms with van der Waals surface area (Å²) in [6.45, 7) is 2.31. The molecule has 0 unspecified atom stereocenters. The summed E-state index contributed by atoms with van der Waals surface area (Å²) in [6.07, 6.45) is 1.39. The number of carbonyl (C=O) groups excluding carboxylic acids is 2. The molecule has 1 rings (SSSR count). The minimum absolute atomic E-state index is 0.154. The Morgan fingerprint density at radius 1 is 1.53 bits per heavy atom. The SMILES string of the molecule is CCOC(=O)CCNC(=O)C1(C#N)CC1. The third-order valence-corrected chi connectivity index (χ3v) is 2.32. The van der Waals surface area contributed by atoms with E-state index in [0.29, 0.717) is 19.4 Å². The van der Waals surface area contributed by atoms with Gasteiger partial charge in [-0.1, -0.05) is 0 Å². The molecule has 0 aromatic heterocycles. The maximum atomic E-state index is 11.4. The van der Waals surface area contributed by atoms with Gasteiger partial charge in [-0.05, 0) is 19.8 Å². The van der Waals surface area contributed by atoms with Gasteiger partial charge in [-0.25, -0.2) is 0 Å². The number of nitrogens with one attached hydrogen (secondary N) is 1. The summed E-state index contributed by atoms with van der Waals surface area (Å²) in [5.41, 5.74) is -0.811. The molecule has 0 saturated heterocycles. The van der Waals surface area contributed by atoms with Crippen LogP contribution < -0.4 is 5.32 Å². The van der Waals surface area contributed by atoms with Gasteiger partial charge in [0.1, 0.15) is 5.41 Å². The number of carbonyl (C=O) groups is 2. The van der Waals surface area contributed by atoms with Crippen molar-refractivity contribution in [2.75, 3.05) is 13.2 Å². The van der Waals surface area contributed by atoms with Crippen LogP contribution in [-0.2, 0) is 14.3 Å². The van der Waals surface area contributed by atoms with E-state index < -0.39 is 5.41 Å². The minimum Gasteiger partial charge on any atom is -0.466 e. The molecular weight excluding hydrogens is 196 g/mol. The van der Waals surface area contributed by atoms with E-state index in [1.54, 1.807) is 6.92 Å². The lowest BCUT2D eigenvalue weighted by Gasteiger charge is -2.07. The van der Waals surface area contributed by atoms with Crippen LogP contribution in [0.2, 0.25) is 0 Å². The third-order valence-electron chi connectivity index (χ3n) is 2.32. The van der Waals surface area contributed by atoms with E-state index in [0.717, 1.165) is 0 Å². The predicted octanol–water partition coefficient (Wildman–Crippen LogP) is 0.360. The maximum absolute atomic E-state index is 11.4. The lowest BCUT2D eigenvalue weighted by Crippen LogP contribution is -2.33. The zero-order valence-corrected chi connectivity index (χ0v) is 8.71. The Balaban J connectivity index is 2.19. The molecule has 1 fully saturated rings. The fourth-order valence-corrected chi connectivity index (χ4v) is 1.20. The zero-order valence-electron chi connectivity index (χ0n) is 8.71. The second kappa shape index (κ2) is 4.78. The van der Waals surface area contributed by atoms with Gasteiger partial charge in [0.2, 0.25) is 5.91 Å². The van der Waals surface area contributed by atoms with Gasteiger partial charge < -0.3 is 10.1 Å². The van der Waals surface area contributed by atoms with Gasteiger partial charge in [-0.15, -0.1) is 0 Å². The Morgan fingerprint density at radius 2 is 2.20 bits per heavy atom. The summed E-state index contributed by atoms with van der Waals surface area (Å²) in [4.78, 5) is 22.3. The van der Waals surface area contributed by atoms with Crippen LogP contribution in [0, 0.1) is 16.7 Å². The van der Waals surface area contributed by atoms with E-state index in [4.69, 9.17) is 10.00 Å². The Bertz CT molecular complexity index is 302. The smallest absolute Gasteiger partial charge is 0.307 e. The van der Waals surface area contributed by atoms with Crippen LogP contribution in [0.5, 0.6) is 0 Å². The van der Waals surface area contributed by atoms with Gasteiger partial charge in [0.25, 0.3) is 0 Å². The molecule has 0 aliphatic heterocycles. The number of rotatable bonds is 5. The van der Waals surface area contributed by atoms with Crippen LogP contribution in [0.15, 0.2) is 0 Å². The van der Waals surface area contributed by atoms with Crippen molar-refractivity contribution in [1.29, 1.82) is 5.26 Å². The first kappa shape index (κ1) is 11.5. The maximum Gasteiger partial charge on any atom is 0.307 e. The zero-order chi connectivity index (χ0) is 11.3. The van der Waals surface area contributed by atoms with E-state index in [2.05, 4.69) is 5.32 Å². The van der Waals surface area contributed by atoms with Crippen LogP contribution in [0.3, 0.4) is 0 Å². The second-order valence-corrected chi connectivity index (χ2v) is 3.50. The average molecular weight is 210 g/mol. The van der Waals surface area contributed by atoms with Crippen molar-refractivity contribution in [3.8, 4) is 6.07 Å². The van der Waals surface area contributed by atoms with Gasteiger partial charge in [-0.3, -0.25) is 9.59 Å². The number of amides is 1. The number of nitrogens with zero attached hydrogens (tertiary/aromatic N) is 1. The van der Waals surface area contributed by atoms with Gasteiger partial charge in [0, 0.05) is 6.54 Å². The lowest BCUT2D eigenvalue weighted by molar-refractivity contribution is -0.143. The highest BCUT2D eigenvalue weighted by Crippen LogP contribution is 2.44. The molecule has 82 valence electrons. The first-order valence-corrected chi connectivity index (χ1v) is 5.00. The Morgan fingerprint density at radius 3 is 2.67 bits per heavy atom. The van der Waals surface area contributed by atoms with Crippen LogP contribution in [0.25, 0.3) is 0 Å². The molecule has 1 amide bonds. The Hall–Kier alpha value is -1.57. The number of hydrogen-bond donors (Lipinski definition) is 1. The highest BCUT2D eigenvalue weighted by atomic mass is 16.5. The van der Waals surface area contributed by atoms with Crippen molar-refractivity contribution >= 4 is 11.9 Å². The molecule has 0 aromatic rings. The van der Waals surface area contributed by atoms with Crippen molar-refractivity contribution in [3.63, 3.8) is 0 Å². The fraction of sp³-hybridized carbons (Fsp3) is 0.700. The first-order valence-electron chi connectivity index (χ1n) is 5.00. The van der Waals surface area contributed by atoms with Gasteiger partial charge in [0.05, 0.1) is 19.1 Å². The lowest BCUT2D eigenvalue weighted by atomic mass is 10.1. The molecule has 15 heavy (non-hydrogen) atoms. The van der Waals surface area contributed by atoms with Crippen LogP contribution >= 0.6 is 0 Å². The van der Waals surface area contributed by atoms with Gasteiger partial charge >= 0.3 is 5.97 Å². The molecule has 0 atom stereocenters. The standard InChI is InChI=1S/C10H14N2O3/c1-2-15-8(13)3-6-12-9(14)10(7-11)4-5-10/h2-6H2,1H3,(H,12,14). The van der Waals surface area contributed by atoms with E-state index >= 15 is 0 Å². The number of nitriles is 1. The molecule has 5 nitrogen and oxygen atoms in total. The normalized spacial score (nSPS) is 16.3. The summed E-state index contributed by atoms with van der Waals surface area (Å²) in [7, 11) is 0. The number of hydrogen-bond acceptors (Lipinski definition) is 4. The van der Waals surface area contributed by atoms with E-state index in [1.807, 2.05) is 6.07 Å². The molecule has 0 radical (unpaired) electrons. The van der Waals surface area contributed by atoms with Crippen molar-refractivity contribution in [3.05, 3.63) is 0 Å². The molecule has 0 spiro atoms. The van der Waals surface area contributed by atoms with Crippen LogP contribution in [0.1, 0.15) is 26.2 Å². The highest BCUT2D eigenvalue weighted by molar-refractivity contribution is 5.88. The first-order chi connectivity index (χ1) is 7.14. The van der Waals surface area contributed by atoms with E-state index in [9.17, 15) is 9.59 Å². The van der Waals surface area contributed by atoms with E-state index in [1.165, 1.54) is 0 Å². The molecule has 0 aromatic carbocycles. The molecule has 0 bridgehead atoms. The Labute approximate surface area is 88.4 Å². The van der Waals surface area contributed by atoms with E-state index in [-0.39, 0.29) is 24.8 Å². The predicted molar refractivity (Wildman–Crippen MR) is 51.5 cm³/mol. The van der Waals surface area contributed by atoms with Crippen LogP contribution in [0.4, 0.5) is 0 Å². The number of esters is 1. The minimum atomic E-state index is -0.811. The molecule has 0 heterocycles. The molecule has 5 heteroatoms. The summed E-state index contributed by atoms with van der Waals surface area (Å²) in [5, 5.41) is 11.3. The molecule has 1 saturated carbocycles. The molecular formula is C10H14N2O3. The fourth-order valence-electron chi connectivity index (χ4n) is 1.20. The van der Waals surface area contributed by atoms with Crippen molar-refractivity contribution in [2.24, 2.45) is 5.41 Å². The molecule has 1 aliphatic carbocycles. The van der Waals surface area contributed by atoms with Gasteiger partial charge in [-0.2, -0.15) is 5.26 Å². The summed E-state index contributed by atoms with van der Waals surface area (Å²) in [5.74, 6) is -0.603. The summed E-state index contributed by atoms with van der Waals surface area (Å²) >= 11 is 0. The topological polar surface area (TPSA) is 79.2 Å². The molecule has 1 aliphatic rings. The van der Waals surface area contributed by atoms with Crippen LogP contribution in [-0.4, -0.2) is 25.0 Å². The third kappa shape index (κ3) is 2.94. The average Bonchev–Trinajstić information content (AvgIpc) is 2.98. The quantitative estimate of drug-likeness (QED) is 0.664. The van der Waals surface area contributed by atoms with Crippen molar-refractivity contribution in [2.45, 2.75) is 26.2 Å². The monoisotopic (exact) mass is 210 g/mol. The molecule has 1 N–H and O–H groups in total. The van der Waals surface area contributed by atoms with Crippen molar-refractivity contribution < 1.29 is 14.3 Å².